The number of nitrogens with one attached hydrogen (secondary N) is 2. The van der Waals surface area contributed by atoms with Gasteiger partial charge in [0.15, 0.2) is 0 Å². The van der Waals surface area contributed by atoms with Crippen molar-refractivity contribution in [1.82, 2.24) is 9.62 Å². The zero-order valence-electron chi connectivity index (χ0n) is 17.0. The number of thiophene rings is 1. The zero-order chi connectivity index (χ0) is 21.7. The highest BCUT2D eigenvalue weighted by Gasteiger charge is 2.27. The van der Waals surface area contributed by atoms with Gasteiger partial charge in [-0.05, 0) is 54.1 Å². The van der Waals surface area contributed by atoms with Gasteiger partial charge in [-0.2, -0.15) is 4.31 Å². The minimum absolute atomic E-state index is 0.0695. The minimum atomic E-state index is -3.45. The Morgan fingerprint density at radius 1 is 0.968 bits per heavy atom. The molecule has 31 heavy (non-hydrogen) atoms. The highest BCUT2D eigenvalue weighted by molar-refractivity contribution is 7.89. The fourth-order valence-corrected chi connectivity index (χ4v) is 6.02. The number of carbonyl (C=O) groups is 1. The van der Waals surface area contributed by atoms with Crippen LogP contribution < -0.4 is 10.6 Å². The Labute approximate surface area is 187 Å². The summed E-state index contributed by atoms with van der Waals surface area (Å²) in [6.07, 6.45) is 1.80. The van der Waals surface area contributed by atoms with Crippen molar-refractivity contribution in [3.8, 4) is 0 Å². The molecular weight excluding hydrogens is 430 g/mol. The molecule has 1 fully saturated rings. The summed E-state index contributed by atoms with van der Waals surface area (Å²) in [4.78, 5) is 13.9. The van der Waals surface area contributed by atoms with Gasteiger partial charge in [-0.25, -0.2) is 8.42 Å². The Kier molecular flexibility index (Phi) is 6.82. The summed E-state index contributed by atoms with van der Waals surface area (Å²) < 4.78 is 26.8. The van der Waals surface area contributed by atoms with Crippen molar-refractivity contribution in [2.24, 2.45) is 0 Å². The van der Waals surface area contributed by atoms with Crippen molar-refractivity contribution in [3.05, 3.63) is 82.6 Å². The van der Waals surface area contributed by atoms with Crippen LogP contribution in [0.4, 0.5) is 5.69 Å². The lowest BCUT2D eigenvalue weighted by Crippen LogP contribution is -2.31. The number of nitrogens with zero attached hydrogens (tertiary/aromatic N) is 1. The lowest BCUT2D eigenvalue weighted by Gasteiger charge is -2.18. The lowest BCUT2D eigenvalue weighted by molar-refractivity contribution is -0.115. The number of anilines is 1. The molecule has 2 aromatic carbocycles. The molecule has 1 saturated heterocycles. The molecule has 0 saturated carbocycles. The highest BCUT2D eigenvalue weighted by Crippen LogP contribution is 2.26. The van der Waals surface area contributed by atoms with Crippen molar-refractivity contribution >= 4 is 33.0 Å². The molecule has 4 rings (SSSR count). The summed E-state index contributed by atoms with van der Waals surface area (Å²) >= 11 is 1.64. The molecule has 1 atom stereocenters. The first kappa shape index (κ1) is 21.7. The summed E-state index contributed by atoms with van der Waals surface area (Å²) in [7, 11) is -3.45. The quantitative estimate of drug-likeness (QED) is 0.541. The number of sulfonamides is 1. The molecule has 0 radical (unpaired) electrons. The largest absolute Gasteiger partial charge is 0.325 e. The zero-order valence-corrected chi connectivity index (χ0v) is 18.7. The molecule has 1 amide bonds. The topological polar surface area (TPSA) is 78.5 Å². The Balaban J connectivity index is 1.38. The molecule has 8 heteroatoms. The summed E-state index contributed by atoms with van der Waals surface area (Å²) in [6.45, 7) is 1.27. The summed E-state index contributed by atoms with van der Waals surface area (Å²) in [5, 5.41) is 8.18. The molecule has 3 aromatic rings. The van der Waals surface area contributed by atoms with Crippen molar-refractivity contribution in [1.29, 1.82) is 0 Å². The van der Waals surface area contributed by atoms with Crippen LogP contribution in [0.5, 0.6) is 0 Å². The predicted molar refractivity (Wildman–Crippen MR) is 124 cm³/mol. The first-order chi connectivity index (χ1) is 15.0. The SMILES string of the molecule is O=C(CN[C@H](c1ccccc1)c1cccs1)Nc1ccc(S(=O)(=O)N2CCCC2)cc1. The molecule has 2 N–H and O–H groups in total. The Bertz CT molecular complexity index is 1090. The van der Waals surface area contributed by atoms with Gasteiger partial charge >= 0.3 is 0 Å². The first-order valence-corrected chi connectivity index (χ1v) is 12.6. The minimum Gasteiger partial charge on any atom is -0.325 e. The van der Waals surface area contributed by atoms with Gasteiger partial charge in [0, 0.05) is 23.7 Å². The normalized spacial score (nSPS) is 15.6. The third-order valence-electron chi connectivity index (χ3n) is 5.27. The highest BCUT2D eigenvalue weighted by atomic mass is 32.2. The van der Waals surface area contributed by atoms with E-state index in [1.807, 2.05) is 47.8 Å². The van der Waals surface area contributed by atoms with E-state index in [2.05, 4.69) is 10.6 Å². The number of hydrogen-bond acceptors (Lipinski definition) is 5. The molecule has 0 bridgehead atoms. The second-order valence-corrected chi connectivity index (χ2v) is 10.3. The van der Waals surface area contributed by atoms with Crippen molar-refractivity contribution < 1.29 is 13.2 Å². The third-order valence-corrected chi connectivity index (χ3v) is 8.12. The molecule has 0 aliphatic carbocycles. The van der Waals surface area contributed by atoms with Crippen LogP contribution in [0.2, 0.25) is 0 Å². The summed E-state index contributed by atoms with van der Waals surface area (Å²) in [5.74, 6) is -0.187. The average molecular weight is 456 g/mol. The van der Waals surface area contributed by atoms with E-state index in [4.69, 9.17) is 0 Å². The molecule has 1 aliphatic rings. The molecule has 1 aromatic heterocycles. The monoisotopic (exact) mass is 455 g/mol. The fourth-order valence-electron chi connectivity index (χ4n) is 3.67. The fraction of sp³-hybridized carbons (Fsp3) is 0.261. The number of carbonyl (C=O) groups excluding carboxylic acids is 1. The van der Waals surface area contributed by atoms with Gasteiger partial charge in [0.2, 0.25) is 15.9 Å². The smallest absolute Gasteiger partial charge is 0.243 e. The van der Waals surface area contributed by atoms with Crippen LogP contribution in [0.3, 0.4) is 0 Å². The van der Waals surface area contributed by atoms with E-state index < -0.39 is 10.0 Å². The maximum atomic E-state index is 12.6. The van der Waals surface area contributed by atoms with Gasteiger partial charge in [-0.15, -0.1) is 11.3 Å². The molecular formula is C23H25N3O3S2. The second-order valence-electron chi connectivity index (χ2n) is 7.42. The maximum absolute atomic E-state index is 12.6. The Morgan fingerprint density at radius 2 is 1.68 bits per heavy atom. The number of benzene rings is 2. The van der Waals surface area contributed by atoms with Gasteiger partial charge in [-0.1, -0.05) is 36.4 Å². The van der Waals surface area contributed by atoms with Crippen molar-refractivity contribution in [3.63, 3.8) is 0 Å². The van der Waals surface area contributed by atoms with Crippen molar-refractivity contribution in [2.45, 2.75) is 23.8 Å². The Morgan fingerprint density at radius 3 is 2.32 bits per heavy atom. The van der Waals surface area contributed by atoms with Crippen LogP contribution in [0.1, 0.15) is 29.3 Å². The number of hydrogen-bond donors (Lipinski definition) is 2. The molecule has 1 aliphatic heterocycles. The van der Waals surface area contributed by atoms with Crippen LogP contribution in [-0.2, 0) is 14.8 Å². The van der Waals surface area contributed by atoms with E-state index >= 15 is 0 Å². The molecule has 0 spiro atoms. The Hall–Kier alpha value is -2.52. The van der Waals surface area contributed by atoms with Gasteiger partial charge in [0.1, 0.15) is 0 Å². The van der Waals surface area contributed by atoms with Gasteiger partial charge < -0.3 is 5.32 Å². The van der Waals surface area contributed by atoms with Gasteiger partial charge in [-0.3, -0.25) is 10.1 Å². The predicted octanol–water partition coefficient (Wildman–Crippen LogP) is 3.85. The van der Waals surface area contributed by atoms with Crippen LogP contribution in [-0.4, -0.2) is 38.3 Å². The summed E-state index contributed by atoms with van der Waals surface area (Å²) in [5.41, 5.74) is 1.66. The van der Waals surface area contributed by atoms with E-state index in [0.29, 0.717) is 18.8 Å². The third kappa shape index (κ3) is 5.22. The summed E-state index contributed by atoms with van der Waals surface area (Å²) in [6, 6.07) is 20.3. The lowest BCUT2D eigenvalue weighted by atomic mass is 10.1. The van der Waals surface area contributed by atoms with Crippen LogP contribution in [0, 0.1) is 0 Å². The molecule has 2 heterocycles. The van der Waals surface area contributed by atoms with E-state index in [1.54, 1.807) is 35.6 Å². The van der Waals surface area contributed by atoms with E-state index in [-0.39, 0.29) is 23.4 Å². The second kappa shape index (κ2) is 9.74. The van der Waals surface area contributed by atoms with Crippen LogP contribution >= 0.6 is 11.3 Å². The molecule has 0 unspecified atom stereocenters. The standard InChI is InChI=1S/C23H25N3O3S2/c27-22(17-24-23(21-9-6-16-30-21)18-7-2-1-3-8-18)25-19-10-12-20(13-11-19)31(28,29)26-14-4-5-15-26/h1-3,6-13,16,23-24H,4-5,14-15,17H2,(H,25,27)/t23-/m1/s1. The van der Waals surface area contributed by atoms with E-state index in [1.165, 1.54) is 4.31 Å². The number of amides is 1. The van der Waals surface area contributed by atoms with E-state index in [0.717, 1.165) is 23.3 Å². The van der Waals surface area contributed by atoms with Crippen LogP contribution in [0.25, 0.3) is 0 Å². The van der Waals surface area contributed by atoms with Crippen LogP contribution in [0.15, 0.2) is 77.0 Å². The molecule has 6 nitrogen and oxygen atoms in total. The van der Waals surface area contributed by atoms with Gasteiger partial charge in [0.25, 0.3) is 0 Å². The van der Waals surface area contributed by atoms with Crippen molar-refractivity contribution in [2.75, 3.05) is 25.0 Å². The van der Waals surface area contributed by atoms with E-state index in [9.17, 15) is 13.2 Å². The number of rotatable bonds is 8. The van der Waals surface area contributed by atoms with Gasteiger partial charge in [0.05, 0.1) is 17.5 Å². The average Bonchev–Trinajstić information content (AvgIpc) is 3.50. The maximum Gasteiger partial charge on any atom is 0.243 e. The first-order valence-electron chi connectivity index (χ1n) is 10.3. The molecule has 162 valence electrons.